The van der Waals surface area contributed by atoms with Crippen LogP contribution in [0.5, 0.6) is 5.75 Å². The highest BCUT2D eigenvalue weighted by Gasteiger charge is 2.32. The second kappa shape index (κ2) is 10.4. The van der Waals surface area contributed by atoms with E-state index >= 15 is 0 Å². The van der Waals surface area contributed by atoms with E-state index in [2.05, 4.69) is 15.6 Å². The van der Waals surface area contributed by atoms with Crippen LogP contribution in [0.4, 0.5) is 20.2 Å². The molecule has 0 unspecified atom stereocenters. The van der Waals surface area contributed by atoms with Crippen molar-refractivity contribution >= 4 is 23.2 Å². The SMILES string of the molecule is CC(C)Nc1cc(C(=O)N[C@H]2COc3ccc(-c4ccc(C(C)(C)O)nc4)cc3N(C)C2=O)c(F)cc1F. The van der Waals surface area contributed by atoms with Gasteiger partial charge in [0.1, 0.15) is 35.6 Å². The van der Waals surface area contributed by atoms with E-state index in [9.17, 15) is 23.5 Å². The Bertz CT molecular complexity index is 1370. The predicted molar refractivity (Wildman–Crippen MR) is 140 cm³/mol. The lowest BCUT2D eigenvalue weighted by Crippen LogP contribution is -2.49. The van der Waals surface area contributed by atoms with Crippen LogP contribution >= 0.6 is 0 Å². The first kappa shape index (κ1) is 27.0. The van der Waals surface area contributed by atoms with Gasteiger partial charge < -0.3 is 25.4 Å². The molecule has 2 aromatic carbocycles. The summed E-state index contributed by atoms with van der Waals surface area (Å²) in [6, 6.07) is 9.32. The Morgan fingerprint density at radius 2 is 1.84 bits per heavy atom. The number of hydrogen-bond donors (Lipinski definition) is 3. The summed E-state index contributed by atoms with van der Waals surface area (Å²) >= 11 is 0. The predicted octanol–water partition coefficient (Wildman–Crippen LogP) is 4.23. The van der Waals surface area contributed by atoms with E-state index in [0.29, 0.717) is 23.2 Å². The Morgan fingerprint density at radius 1 is 1.13 bits per heavy atom. The number of likely N-dealkylation sites (N-methyl/N-ethyl adjacent to an activating group) is 1. The van der Waals surface area contributed by atoms with Gasteiger partial charge in [0, 0.05) is 30.9 Å². The Balaban J connectivity index is 1.55. The molecule has 8 nitrogen and oxygen atoms in total. The third-order valence-electron chi connectivity index (χ3n) is 6.13. The second-order valence-corrected chi connectivity index (χ2v) is 10.0. The first-order valence-corrected chi connectivity index (χ1v) is 12.1. The first-order chi connectivity index (χ1) is 17.8. The Hall–Kier alpha value is -4.05. The number of nitrogens with one attached hydrogen (secondary N) is 2. The van der Waals surface area contributed by atoms with E-state index in [-0.39, 0.29) is 18.3 Å². The zero-order valence-corrected chi connectivity index (χ0v) is 21.8. The molecular weight excluding hydrogens is 494 g/mol. The molecule has 2 amide bonds. The van der Waals surface area contributed by atoms with Crippen LogP contribution in [0.3, 0.4) is 0 Å². The first-order valence-electron chi connectivity index (χ1n) is 12.1. The van der Waals surface area contributed by atoms with Crippen LogP contribution in [-0.2, 0) is 10.4 Å². The molecule has 4 rings (SSSR count). The van der Waals surface area contributed by atoms with E-state index < -0.39 is 40.7 Å². The molecule has 1 aromatic heterocycles. The molecule has 3 N–H and O–H groups in total. The minimum Gasteiger partial charge on any atom is -0.489 e. The van der Waals surface area contributed by atoms with Gasteiger partial charge in [-0.2, -0.15) is 0 Å². The molecule has 38 heavy (non-hydrogen) atoms. The van der Waals surface area contributed by atoms with Crippen LogP contribution in [0, 0.1) is 11.6 Å². The van der Waals surface area contributed by atoms with E-state index in [0.717, 1.165) is 17.2 Å². The number of fused-ring (bicyclic) bond motifs is 1. The molecule has 0 aliphatic carbocycles. The number of anilines is 2. The van der Waals surface area contributed by atoms with Gasteiger partial charge >= 0.3 is 0 Å². The van der Waals surface area contributed by atoms with Gasteiger partial charge in [-0.05, 0) is 57.5 Å². The quantitative estimate of drug-likeness (QED) is 0.446. The molecular formula is C28H30F2N4O4. The van der Waals surface area contributed by atoms with Gasteiger partial charge in [-0.15, -0.1) is 0 Å². The molecule has 2 heterocycles. The van der Waals surface area contributed by atoms with E-state index in [4.69, 9.17) is 4.74 Å². The number of benzene rings is 2. The standard InChI is InChI=1S/C28H30F2N4O4/c1-15(2)32-21-11-18(19(29)12-20(21)30)26(35)33-22-14-38-24-8-6-16(10-23(24)34(5)27(22)36)17-7-9-25(31-13-17)28(3,4)37/h6-13,15,22,32,37H,14H2,1-5H3,(H,33,35)/t22-/m0/s1. The largest absolute Gasteiger partial charge is 0.489 e. The van der Waals surface area contributed by atoms with Crippen LogP contribution < -0.4 is 20.3 Å². The summed E-state index contributed by atoms with van der Waals surface area (Å²) in [7, 11) is 1.55. The van der Waals surface area contributed by atoms with Crippen molar-refractivity contribution in [1.82, 2.24) is 10.3 Å². The molecule has 1 atom stereocenters. The molecule has 0 saturated carbocycles. The van der Waals surface area contributed by atoms with Gasteiger partial charge in [0.15, 0.2) is 0 Å². The Labute approximate surface area is 219 Å². The average Bonchev–Trinajstić information content (AvgIpc) is 2.96. The van der Waals surface area contributed by atoms with Crippen molar-refractivity contribution in [2.45, 2.75) is 45.4 Å². The van der Waals surface area contributed by atoms with E-state index in [1.807, 2.05) is 12.1 Å². The minimum absolute atomic E-state index is 0.0166. The average molecular weight is 525 g/mol. The number of ether oxygens (including phenoxy) is 1. The highest BCUT2D eigenvalue weighted by molar-refractivity contribution is 6.04. The van der Waals surface area contributed by atoms with Gasteiger partial charge in [-0.25, -0.2) is 8.78 Å². The fraction of sp³-hybridized carbons (Fsp3) is 0.321. The highest BCUT2D eigenvalue weighted by Crippen LogP contribution is 2.35. The topological polar surface area (TPSA) is 104 Å². The van der Waals surface area contributed by atoms with E-state index in [1.54, 1.807) is 59.1 Å². The summed E-state index contributed by atoms with van der Waals surface area (Å²) in [6.07, 6.45) is 1.64. The number of rotatable bonds is 6. The smallest absolute Gasteiger partial charge is 0.255 e. The maximum absolute atomic E-state index is 14.5. The molecule has 0 spiro atoms. The number of carbonyl (C=O) groups excluding carboxylic acids is 2. The number of aromatic nitrogens is 1. The van der Waals surface area contributed by atoms with Crippen molar-refractivity contribution in [3.05, 3.63) is 71.6 Å². The number of hydrogen-bond acceptors (Lipinski definition) is 6. The van der Waals surface area contributed by atoms with Crippen molar-refractivity contribution in [1.29, 1.82) is 0 Å². The van der Waals surface area contributed by atoms with Crippen LogP contribution in [0.1, 0.15) is 43.7 Å². The zero-order chi connectivity index (χ0) is 27.8. The van der Waals surface area contributed by atoms with E-state index in [1.165, 1.54) is 4.90 Å². The maximum Gasteiger partial charge on any atom is 0.255 e. The molecule has 1 aliphatic heterocycles. The van der Waals surface area contributed by atoms with Gasteiger partial charge in [0.05, 0.1) is 22.6 Å². The number of halogens is 2. The second-order valence-electron chi connectivity index (χ2n) is 10.0. The van der Waals surface area contributed by atoms with Gasteiger partial charge in [-0.1, -0.05) is 12.1 Å². The molecule has 10 heteroatoms. The summed E-state index contributed by atoms with van der Waals surface area (Å²) in [5.41, 5.74) is 1.06. The summed E-state index contributed by atoms with van der Waals surface area (Å²) in [6.45, 7) is 6.69. The summed E-state index contributed by atoms with van der Waals surface area (Å²) in [5, 5.41) is 15.5. The molecule has 0 radical (unpaired) electrons. The van der Waals surface area contributed by atoms with Gasteiger partial charge in [0.25, 0.3) is 11.8 Å². The zero-order valence-electron chi connectivity index (χ0n) is 21.8. The summed E-state index contributed by atoms with van der Waals surface area (Å²) in [5.74, 6) is -2.76. The Morgan fingerprint density at radius 3 is 2.47 bits per heavy atom. The third kappa shape index (κ3) is 5.60. The molecule has 0 saturated heterocycles. The number of nitrogens with zero attached hydrogens (tertiary/aromatic N) is 2. The lowest BCUT2D eigenvalue weighted by Gasteiger charge is -2.21. The lowest BCUT2D eigenvalue weighted by molar-refractivity contribution is -0.120. The normalized spacial score (nSPS) is 15.6. The van der Waals surface area contributed by atoms with Gasteiger partial charge in [-0.3, -0.25) is 14.6 Å². The molecule has 0 bridgehead atoms. The highest BCUT2D eigenvalue weighted by atomic mass is 19.1. The summed E-state index contributed by atoms with van der Waals surface area (Å²) < 4.78 is 34.4. The van der Waals surface area contributed by atoms with Crippen LogP contribution in [-0.4, -0.2) is 47.6 Å². The monoisotopic (exact) mass is 524 g/mol. The maximum atomic E-state index is 14.5. The van der Waals surface area contributed by atoms with Crippen LogP contribution in [0.2, 0.25) is 0 Å². The van der Waals surface area contributed by atoms with Crippen LogP contribution in [0.25, 0.3) is 11.1 Å². The fourth-order valence-electron chi connectivity index (χ4n) is 4.09. The molecule has 200 valence electrons. The third-order valence-corrected chi connectivity index (χ3v) is 6.13. The lowest BCUT2D eigenvalue weighted by atomic mass is 10.0. The van der Waals surface area contributed by atoms with Gasteiger partial charge in [0.2, 0.25) is 0 Å². The van der Waals surface area contributed by atoms with Crippen molar-refractivity contribution < 1.29 is 28.2 Å². The molecule has 1 aliphatic rings. The van der Waals surface area contributed by atoms with Crippen molar-refractivity contribution in [2.24, 2.45) is 0 Å². The molecule has 0 fully saturated rings. The molecule has 3 aromatic rings. The Kier molecular flexibility index (Phi) is 7.37. The summed E-state index contributed by atoms with van der Waals surface area (Å²) in [4.78, 5) is 31.9. The number of carbonyl (C=O) groups is 2. The van der Waals surface area contributed by atoms with Crippen LogP contribution in [0.15, 0.2) is 48.7 Å². The minimum atomic E-state index is -1.11. The number of aliphatic hydroxyl groups is 1. The number of amides is 2. The van der Waals surface area contributed by atoms with Crippen molar-refractivity contribution in [2.75, 3.05) is 23.9 Å². The van der Waals surface area contributed by atoms with Crippen molar-refractivity contribution in [3.8, 4) is 16.9 Å². The number of pyridine rings is 1. The fourth-order valence-corrected chi connectivity index (χ4v) is 4.09. The van der Waals surface area contributed by atoms with Crippen molar-refractivity contribution in [3.63, 3.8) is 0 Å².